The lowest BCUT2D eigenvalue weighted by Gasteiger charge is -2.34. The molecule has 104 valence electrons. The number of nitrogen functional groups attached to an aromatic ring is 1. The second-order valence-corrected chi connectivity index (χ2v) is 5.17. The maximum Gasteiger partial charge on any atom is 0.248 e. The minimum Gasteiger partial charge on any atom is -0.494 e. The van der Waals surface area contributed by atoms with Crippen molar-refractivity contribution in [2.45, 2.75) is 19.8 Å². The highest BCUT2D eigenvalue weighted by molar-refractivity contribution is 5.96. The molecule has 5 heteroatoms. The van der Waals surface area contributed by atoms with E-state index in [0.29, 0.717) is 22.9 Å². The molecule has 0 spiro atoms. The van der Waals surface area contributed by atoms with E-state index in [-0.39, 0.29) is 0 Å². The molecule has 1 aromatic rings. The van der Waals surface area contributed by atoms with Crippen LogP contribution in [0.3, 0.4) is 0 Å². The molecule has 1 atom stereocenters. The second-order valence-electron chi connectivity index (χ2n) is 5.17. The Kier molecular flexibility index (Phi) is 3.83. The number of nitrogens with zero attached hydrogens (tertiary/aromatic N) is 1. The van der Waals surface area contributed by atoms with Gasteiger partial charge in [0.1, 0.15) is 11.4 Å². The summed E-state index contributed by atoms with van der Waals surface area (Å²) < 4.78 is 5.38. The molecule has 0 bridgehead atoms. The van der Waals surface area contributed by atoms with E-state index in [1.165, 1.54) is 6.42 Å². The number of carbonyl (C=O) groups is 1. The van der Waals surface area contributed by atoms with Crippen LogP contribution < -0.4 is 21.1 Å². The molecule has 0 radical (unpaired) electrons. The predicted octanol–water partition coefficient (Wildman–Crippen LogP) is 1.61. The molecule has 0 aromatic heterocycles. The van der Waals surface area contributed by atoms with Crippen LogP contribution in [0, 0.1) is 5.92 Å². The largest absolute Gasteiger partial charge is 0.494 e. The van der Waals surface area contributed by atoms with Crippen LogP contribution in [0.25, 0.3) is 0 Å². The van der Waals surface area contributed by atoms with Gasteiger partial charge in [0, 0.05) is 18.7 Å². The van der Waals surface area contributed by atoms with E-state index in [1.807, 2.05) is 0 Å². The van der Waals surface area contributed by atoms with E-state index >= 15 is 0 Å². The molecule has 1 aliphatic heterocycles. The van der Waals surface area contributed by atoms with Gasteiger partial charge in [0.05, 0.1) is 12.8 Å². The normalized spacial score (nSPS) is 19.3. The Labute approximate surface area is 113 Å². The molecule has 1 heterocycles. The topological polar surface area (TPSA) is 81.6 Å². The minimum absolute atomic E-state index is 0.378. The van der Waals surface area contributed by atoms with Crippen LogP contribution in [-0.2, 0) is 0 Å². The van der Waals surface area contributed by atoms with Crippen molar-refractivity contribution in [2.24, 2.45) is 11.7 Å². The Balaban J connectivity index is 2.41. The molecule has 1 fully saturated rings. The van der Waals surface area contributed by atoms with Crippen LogP contribution in [0.5, 0.6) is 5.75 Å². The van der Waals surface area contributed by atoms with E-state index in [4.69, 9.17) is 16.2 Å². The Bertz CT molecular complexity index is 488. The molecule has 0 saturated carbocycles. The first-order valence-electron chi connectivity index (χ1n) is 6.55. The van der Waals surface area contributed by atoms with E-state index in [2.05, 4.69) is 11.8 Å². The van der Waals surface area contributed by atoms with Gasteiger partial charge in [-0.25, -0.2) is 0 Å². The molecule has 1 aliphatic rings. The first-order chi connectivity index (χ1) is 9.02. The summed E-state index contributed by atoms with van der Waals surface area (Å²) in [6, 6.07) is 3.28. The third kappa shape index (κ3) is 2.75. The molecule has 1 aromatic carbocycles. The van der Waals surface area contributed by atoms with Gasteiger partial charge in [0.15, 0.2) is 0 Å². The number of ether oxygens (including phenoxy) is 1. The first-order valence-corrected chi connectivity index (χ1v) is 6.55. The zero-order valence-corrected chi connectivity index (χ0v) is 11.5. The Morgan fingerprint density at radius 2 is 2.21 bits per heavy atom. The molecule has 1 unspecified atom stereocenters. The highest BCUT2D eigenvalue weighted by atomic mass is 16.5. The first kappa shape index (κ1) is 13.5. The third-order valence-electron chi connectivity index (χ3n) is 3.58. The Hall–Kier alpha value is -1.91. The van der Waals surface area contributed by atoms with Crippen molar-refractivity contribution >= 4 is 17.3 Å². The number of piperidine rings is 1. The van der Waals surface area contributed by atoms with Gasteiger partial charge in [0.2, 0.25) is 5.91 Å². The van der Waals surface area contributed by atoms with Crippen LogP contribution in [0.15, 0.2) is 12.1 Å². The zero-order valence-electron chi connectivity index (χ0n) is 11.5. The average Bonchev–Trinajstić information content (AvgIpc) is 2.37. The lowest BCUT2D eigenvalue weighted by Crippen LogP contribution is -2.35. The monoisotopic (exact) mass is 263 g/mol. The number of hydrogen-bond acceptors (Lipinski definition) is 4. The number of rotatable bonds is 3. The summed E-state index contributed by atoms with van der Waals surface area (Å²) in [5.41, 5.74) is 13.2. The van der Waals surface area contributed by atoms with Crippen molar-refractivity contribution in [1.82, 2.24) is 0 Å². The lowest BCUT2D eigenvalue weighted by molar-refractivity contribution is 0.1000. The Morgan fingerprint density at radius 1 is 1.47 bits per heavy atom. The summed E-state index contributed by atoms with van der Waals surface area (Å²) in [6.07, 6.45) is 2.37. The number of hydrogen-bond donors (Lipinski definition) is 2. The van der Waals surface area contributed by atoms with Gasteiger partial charge in [-0.2, -0.15) is 0 Å². The van der Waals surface area contributed by atoms with Gasteiger partial charge in [0.25, 0.3) is 0 Å². The highest BCUT2D eigenvalue weighted by Gasteiger charge is 2.22. The fourth-order valence-corrected chi connectivity index (χ4v) is 2.66. The van der Waals surface area contributed by atoms with Crippen molar-refractivity contribution in [1.29, 1.82) is 0 Å². The maximum absolute atomic E-state index is 11.3. The molecule has 2 rings (SSSR count). The summed E-state index contributed by atoms with van der Waals surface area (Å²) in [7, 11) is 1.58. The Morgan fingerprint density at radius 3 is 2.79 bits per heavy atom. The van der Waals surface area contributed by atoms with Crippen molar-refractivity contribution in [2.75, 3.05) is 30.8 Å². The molecule has 1 saturated heterocycles. The molecule has 5 nitrogen and oxygen atoms in total. The number of methoxy groups -OCH3 is 1. The van der Waals surface area contributed by atoms with Crippen LogP contribution in [0.4, 0.5) is 11.4 Å². The quantitative estimate of drug-likeness (QED) is 0.812. The van der Waals surface area contributed by atoms with E-state index in [0.717, 1.165) is 25.2 Å². The van der Waals surface area contributed by atoms with Crippen LogP contribution in [0.2, 0.25) is 0 Å². The average molecular weight is 263 g/mol. The fraction of sp³-hybridized carbons (Fsp3) is 0.500. The van der Waals surface area contributed by atoms with Crippen molar-refractivity contribution in [3.8, 4) is 5.75 Å². The van der Waals surface area contributed by atoms with Gasteiger partial charge in [-0.3, -0.25) is 4.79 Å². The van der Waals surface area contributed by atoms with E-state index in [1.54, 1.807) is 19.2 Å². The number of amides is 1. The second kappa shape index (κ2) is 5.38. The molecule has 0 aliphatic carbocycles. The minimum atomic E-state index is -0.497. The molecule has 19 heavy (non-hydrogen) atoms. The molecular formula is C14H21N3O2. The van der Waals surface area contributed by atoms with Crippen LogP contribution in [0.1, 0.15) is 30.1 Å². The zero-order chi connectivity index (χ0) is 14.0. The summed E-state index contributed by atoms with van der Waals surface area (Å²) in [4.78, 5) is 13.5. The third-order valence-corrected chi connectivity index (χ3v) is 3.58. The van der Waals surface area contributed by atoms with E-state index in [9.17, 15) is 4.79 Å². The smallest absolute Gasteiger partial charge is 0.248 e. The summed E-state index contributed by atoms with van der Waals surface area (Å²) in [5, 5.41) is 0. The van der Waals surface area contributed by atoms with Crippen LogP contribution in [-0.4, -0.2) is 26.1 Å². The van der Waals surface area contributed by atoms with Gasteiger partial charge < -0.3 is 21.1 Å². The molecular weight excluding hydrogens is 242 g/mol. The number of carbonyl (C=O) groups excluding carboxylic acids is 1. The molecule has 4 N–H and O–H groups in total. The maximum atomic E-state index is 11.3. The van der Waals surface area contributed by atoms with Crippen molar-refractivity contribution in [3.63, 3.8) is 0 Å². The van der Waals surface area contributed by atoms with Gasteiger partial charge in [-0.1, -0.05) is 6.92 Å². The fourth-order valence-electron chi connectivity index (χ4n) is 2.66. The number of benzene rings is 1. The van der Waals surface area contributed by atoms with Gasteiger partial charge in [-0.15, -0.1) is 0 Å². The lowest BCUT2D eigenvalue weighted by atomic mass is 9.99. The van der Waals surface area contributed by atoms with E-state index < -0.39 is 5.91 Å². The van der Waals surface area contributed by atoms with Crippen molar-refractivity contribution < 1.29 is 9.53 Å². The van der Waals surface area contributed by atoms with Gasteiger partial charge >= 0.3 is 0 Å². The highest BCUT2D eigenvalue weighted by Crippen LogP contribution is 2.37. The predicted molar refractivity (Wildman–Crippen MR) is 76.5 cm³/mol. The number of anilines is 2. The van der Waals surface area contributed by atoms with Crippen molar-refractivity contribution in [3.05, 3.63) is 17.7 Å². The summed E-state index contributed by atoms with van der Waals surface area (Å²) in [5.74, 6) is 0.750. The van der Waals surface area contributed by atoms with Gasteiger partial charge in [-0.05, 0) is 30.9 Å². The number of primary amides is 1. The summed E-state index contributed by atoms with van der Waals surface area (Å²) in [6.45, 7) is 4.14. The number of nitrogens with two attached hydrogens (primary N) is 2. The van der Waals surface area contributed by atoms with Crippen LogP contribution >= 0.6 is 0 Å². The SMILES string of the molecule is COc1cc(C(N)=O)cc(N)c1N1CCCC(C)C1. The molecule has 1 amide bonds. The standard InChI is InChI=1S/C14H21N3O2/c1-9-4-3-5-17(8-9)13-11(15)6-10(14(16)18)7-12(13)19-2/h6-7,9H,3-5,8,15H2,1-2H3,(H2,16,18). The summed E-state index contributed by atoms with van der Waals surface area (Å²) >= 11 is 0.